The highest BCUT2D eigenvalue weighted by Crippen LogP contribution is 2.35. The van der Waals surface area contributed by atoms with E-state index in [1.54, 1.807) is 24.3 Å². The SMILES string of the molecule is O=C(C(=O)N1CC2=C(C1)CN(S(=O)(=O)c1ccc3c(c1)OCCO3)C2)c1cccc2c1CCN(C(=O)O)C2. The lowest BCUT2D eigenvalue weighted by molar-refractivity contribution is -0.125. The number of sulfonamides is 1. The maximum Gasteiger partial charge on any atom is 0.407 e. The van der Waals surface area contributed by atoms with E-state index in [9.17, 15) is 27.9 Å². The third kappa shape index (κ3) is 4.09. The van der Waals surface area contributed by atoms with Gasteiger partial charge in [0.25, 0.3) is 11.7 Å². The Balaban J connectivity index is 1.13. The smallest absolute Gasteiger partial charge is 0.407 e. The van der Waals surface area contributed by atoms with Gasteiger partial charge in [-0.05, 0) is 40.8 Å². The maximum atomic E-state index is 13.3. The minimum Gasteiger partial charge on any atom is -0.486 e. The molecule has 0 radical (unpaired) electrons. The molecular formula is C26H25N3O8S. The summed E-state index contributed by atoms with van der Waals surface area (Å²) in [6, 6.07) is 9.59. The molecule has 198 valence electrons. The van der Waals surface area contributed by atoms with E-state index in [2.05, 4.69) is 0 Å². The lowest BCUT2D eigenvalue weighted by Crippen LogP contribution is -2.40. The number of carboxylic acid groups (broad SMARTS) is 1. The molecular weight excluding hydrogens is 514 g/mol. The van der Waals surface area contributed by atoms with Gasteiger partial charge in [0.15, 0.2) is 11.5 Å². The zero-order valence-corrected chi connectivity index (χ0v) is 21.2. The van der Waals surface area contributed by atoms with Gasteiger partial charge in [-0.1, -0.05) is 18.2 Å². The van der Waals surface area contributed by atoms with Crippen molar-refractivity contribution in [3.63, 3.8) is 0 Å². The molecule has 2 aromatic rings. The number of fused-ring (bicyclic) bond motifs is 2. The van der Waals surface area contributed by atoms with Crippen LogP contribution in [0.3, 0.4) is 0 Å². The first-order valence-electron chi connectivity index (χ1n) is 12.2. The molecule has 0 atom stereocenters. The monoisotopic (exact) mass is 539 g/mol. The second kappa shape index (κ2) is 9.14. The van der Waals surface area contributed by atoms with Crippen molar-refractivity contribution in [2.75, 3.05) is 45.9 Å². The molecule has 0 bridgehead atoms. The molecule has 2 aromatic carbocycles. The average molecular weight is 540 g/mol. The normalized spacial score (nSPS) is 18.8. The first-order chi connectivity index (χ1) is 18.2. The van der Waals surface area contributed by atoms with Crippen molar-refractivity contribution >= 4 is 27.8 Å². The third-order valence-electron chi connectivity index (χ3n) is 7.41. The van der Waals surface area contributed by atoms with Crippen LogP contribution in [0.2, 0.25) is 0 Å². The first-order valence-corrected chi connectivity index (χ1v) is 13.7. The van der Waals surface area contributed by atoms with E-state index >= 15 is 0 Å². The number of hydrogen-bond donors (Lipinski definition) is 1. The molecule has 0 saturated carbocycles. The fourth-order valence-corrected chi connectivity index (χ4v) is 6.88. The van der Waals surface area contributed by atoms with E-state index in [4.69, 9.17) is 9.47 Å². The summed E-state index contributed by atoms with van der Waals surface area (Å²) in [4.78, 5) is 40.5. The Morgan fingerprint density at radius 3 is 2.26 bits per heavy atom. The van der Waals surface area contributed by atoms with Gasteiger partial charge < -0.3 is 24.4 Å². The number of amides is 2. The summed E-state index contributed by atoms with van der Waals surface area (Å²) in [5.74, 6) is -0.372. The highest BCUT2D eigenvalue weighted by Gasteiger charge is 2.40. The number of nitrogens with zero attached hydrogens (tertiary/aromatic N) is 3. The fourth-order valence-electron chi connectivity index (χ4n) is 5.44. The highest BCUT2D eigenvalue weighted by molar-refractivity contribution is 7.89. The predicted molar refractivity (Wildman–Crippen MR) is 133 cm³/mol. The number of Topliss-reactive ketones (excluding diaryl/α,β-unsaturated/α-hetero) is 1. The average Bonchev–Trinajstić information content (AvgIpc) is 3.51. The second-order valence-corrected chi connectivity index (χ2v) is 11.6. The predicted octanol–water partition coefficient (Wildman–Crippen LogP) is 1.52. The van der Waals surface area contributed by atoms with Gasteiger partial charge in [0, 0.05) is 50.9 Å². The lowest BCUT2D eigenvalue weighted by atomic mass is 9.92. The van der Waals surface area contributed by atoms with E-state index in [1.807, 2.05) is 0 Å². The summed E-state index contributed by atoms with van der Waals surface area (Å²) < 4.78 is 38.9. The molecule has 12 heteroatoms. The molecule has 1 N–H and O–H groups in total. The second-order valence-electron chi connectivity index (χ2n) is 9.67. The van der Waals surface area contributed by atoms with E-state index in [0.29, 0.717) is 42.3 Å². The summed E-state index contributed by atoms with van der Waals surface area (Å²) in [6.07, 6.45) is -0.663. The van der Waals surface area contributed by atoms with Crippen molar-refractivity contribution in [3.05, 3.63) is 64.2 Å². The first kappa shape index (κ1) is 24.4. The van der Waals surface area contributed by atoms with Crippen LogP contribution in [0, 0.1) is 0 Å². The highest BCUT2D eigenvalue weighted by atomic mass is 32.2. The van der Waals surface area contributed by atoms with Crippen LogP contribution in [0.15, 0.2) is 52.4 Å². The van der Waals surface area contributed by atoms with Gasteiger partial charge >= 0.3 is 6.09 Å². The topological polar surface area (TPSA) is 134 Å². The van der Waals surface area contributed by atoms with Gasteiger partial charge in [-0.3, -0.25) is 9.59 Å². The Morgan fingerprint density at radius 1 is 0.842 bits per heavy atom. The largest absolute Gasteiger partial charge is 0.486 e. The standard InChI is InChI=1S/C26H25N3O8S/c30-24(21-3-1-2-16-11-27(26(32)33)7-6-20(16)21)25(31)28-12-17-14-29(15-18(17)13-28)38(34,35)19-4-5-22-23(10-19)37-9-8-36-22/h1-5,10H,6-9,11-15H2,(H,32,33). The van der Waals surface area contributed by atoms with Gasteiger partial charge in [-0.15, -0.1) is 0 Å². The Bertz CT molecular complexity index is 1500. The number of carbonyl (C=O) groups is 3. The van der Waals surface area contributed by atoms with Gasteiger partial charge in [0.1, 0.15) is 13.2 Å². The van der Waals surface area contributed by atoms with Crippen LogP contribution in [0.4, 0.5) is 4.79 Å². The van der Waals surface area contributed by atoms with E-state index < -0.39 is 27.8 Å². The number of ether oxygens (including phenoxy) is 2. The van der Waals surface area contributed by atoms with Crippen LogP contribution in [0.25, 0.3) is 0 Å². The van der Waals surface area contributed by atoms with E-state index in [1.165, 1.54) is 26.2 Å². The Hall–Kier alpha value is -3.90. The minimum atomic E-state index is -3.79. The van der Waals surface area contributed by atoms with E-state index in [-0.39, 0.29) is 44.2 Å². The summed E-state index contributed by atoms with van der Waals surface area (Å²) >= 11 is 0. The minimum absolute atomic E-state index is 0.112. The number of hydrogen-bond acceptors (Lipinski definition) is 7. The van der Waals surface area contributed by atoms with Crippen LogP contribution in [0.1, 0.15) is 21.5 Å². The number of benzene rings is 2. The Morgan fingerprint density at radius 2 is 1.55 bits per heavy atom. The molecule has 6 rings (SSSR count). The molecule has 0 unspecified atom stereocenters. The zero-order valence-electron chi connectivity index (χ0n) is 20.4. The fraction of sp³-hybridized carbons (Fsp3) is 0.346. The van der Waals surface area contributed by atoms with Gasteiger partial charge in [0.05, 0.1) is 4.90 Å². The van der Waals surface area contributed by atoms with Crippen LogP contribution in [0.5, 0.6) is 11.5 Å². The number of ketones is 1. The maximum absolute atomic E-state index is 13.3. The zero-order chi connectivity index (χ0) is 26.6. The molecule has 0 fully saturated rings. The van der Waals surface area contributed by atoms with Crippen LogP contribution in [-0.4, -0.2) is 91.4 Å². The Labute approximate surface area is 218 Å². The molecule has 0 saturated heterocycles. The molecule has 4 heterocycles. The quantitative estimate of drug-likeness (QED) is 0.351. The summed E-state index contributed by atoms with van der Waals surface area (Å²) in [5.41, 5.74) is 3.37. The molecule has 11 nitrogen and oxygen atoms in total. The molecule has 2 amide bonds. The van der Waals surface area contributed by atoms with Crippen LogP contribution < -0.4 is 9.47 Å². The summed E-state index contributed by atoms with van der Waals surface area (Å²) in [6.45, 7) is 1.87. The molecule has 4 aliphatic heterocycles. The molecule has 4 aliphatic rings. The van der Waals surface area contributed by atoms with Gasteiger partial charge in [-0.2, -0.15) is 4.31 Å². The van der Waals surface area contributed by atoms with Crippen molar-refractivity contribution in [1.82, 2.24) is 14.1 Å². The van der Waals surface area contributed by atoms with Gasteiger partial charge in [0.2, 0.25) is 10.0 Å². The molecule has 0 aliphatic carbocycles. The van der Waals surface area contributed by atoms with Gasteiger partial charge in [-0.25, -0.2) is 13.2 Å². The third-order valence-corrected chi connectivity index (χ3v) is 9.20. The molecule has 38 heavy (non-hydrogen) atoms. The van der Waals surface area contributed by atoms with Crippen molar-refractivity contribution in [3.8, 4) is 11.5 Å². The lowest BCUT2D eigenvalue weighted by Gasteiger charge is -2.28. The van der Waals surface area contributed by atoms with Crippen molar-refractivity contribution in [2.24, 2.45) is 0 Å². The number of carbonyl (C=O) groups excluding carboxylic acids is 2. The summed E-state index contributed by atoms with van der Waals surface area (Å²) in [7, 11) is -3.79. The van der Waals surface area contributed by atoms with E-state index in [0.717, 1.165) is 16.7 Å². The molecule has 0 spiro atoms. The van der Waals surface area contributed by atoms with Crippen LogP contribution in [-0.2, 0) is 27.8 Å². The summed E-state index contributed by atoms with van der Waals surface area (Å²) in [5, 5.41) is 9.28. The molecule has 0 aromatic heterocycles. The van der Waals surface area contributed by atoms with Crippen molar-refractivity contribution in [2.45, 2.75) is 17.9 Å². The van der Waals surface area contributed by atoms with Crippen molar-refractivity contribution in [1.29, 1.82) is 0 Å². The Kier molecular flexibility index (Phi) is 5.88. The number of rotatable bonds is 4. The van der Waals surface area contributed by atoms with Crippen molar-refractivity contribution < 1.29 is 37.4 Å². The van der Waals surface area contributed by atoms with Crippen LogP contribution >= 0.6 is 0 Å².